The van der Waals surface area contributed by atoms with Gasteiger partial charge in [-0.2, -0.15) is 9.61 Å². The summed E-state index contributed by atoms with van der Waals surface area (Å²) in [5, 5.41) is 13.5. The van der Waals surface area contributed by atoms with Gasteiger partial charge in [-0.15, -0.1) is 0 Å². The second kappa shape index (κ2) is 4.75. The minimum atomic E-state index is -0.832. The quantitative estimate of drug-likeness (QED) is 0.883. The van der Waals surface area contributed by atoms with Crippen LogP contribution in [0.15, 0.2) is 18.5 Å². The molecular weight excluding hydrogens is 260 g/mol. The predicted octanol–water partition coefficient (Wildman–Crippen LogP) is 0.574. The number of hydrogen-bond donors (Lipinski definition) is 1. The molecule has 3 heterocycles. The van der Waals surface area contributed by atoms with E-state index in [-0.39, 0.29) is 12.6 Å². The van der Waals surface area contributed by atoms with E-state index in [0.29, 0.717) is 6.61 Å². The first-order chi connectivity index (χ1) is 9.58. The summed E-state index contributed by atoms with van der Waals surface area (Å²) in [6.45, 7) is 2.63. The molecule has 3 rings (SSSR count). The molecule has 1 N–H and O–H groups in total. The Morgan fingerprint density at radius 1 is 1.50 bits per heavy atom. The van der Waals surface area contributed by atoms with Gasteiger partial charge in [0.05, 0.1) is 19.3 Å². The molecule has 1 aliphatic rings. The third-order valence-corrected chi connectivity index (χ3v) is 3.73. The minimum absolute atomic E-state index is 0.207. The topological polar surface area (TPSA) is 80.0 Å². The monoisotopic (exact) mass is 276 g/mol. The maximum absolute atomic E-state index is 11.3. The summed E-state index contributed by atoms with van der Waals surface area (Å²) in [7, 11) is 1.87. The minimum Gasteiger partial charge on any atom is -0.481 e. The number of anilines is 1. The fourth-order valence-corrected chi connectivity index (χ4v) is 2.62. The van der Waals surface area contributed by atoms with Crippen molar-refractivity contribution in [3.8, 4) is 0 Å². The van der Waals surface area contributed by atoms with Crippen LogP contribution in [0, 0.1) is 12.8 Å². The molecule has 0 radical (unpaired) electrons. The predicted molar refractivity (Wildman–Crippen MR) is 71.9 cm³/mol. The molecule has 20 heavy (non-hydrogen) atoms. The molecule has 0 aromatic carbocycles. The summed E-state index contributed by atoms with van der Waals surface area (Å²) < 4.78 is 7.04. The number of rotatable bonds is 3. The van der Waals surface area contributed by atoms with Gasteiger partial charge in [-0.05, 0) is 24.6 Å². The summed E-state index contributed by atoms with van der Waals surface area (Å²) in [5.41, 5.74) is 1.80. The third-order valence-electron chi connectivity index (χ3n) is 3.73. The van der Waals surface area contributed by atoms with Crippen molar-refractivity contribution in [2.24, 2.45) is 5.92 Å². The Morgan fingerprint density at radius 3 is 3.05 bits per heavy atom. The number of likely N-dealkylation sites (N-methyl/N-ethyl adjacent to an activating group) is 1. The van der Waals surface area contributed by atoms with Crippen LogP contribution >= 0.6 is 0 Å². The molecule has 2 aromatic heterocycles. The van der Waals surface area contributed by atoms with E-state index in [1.54, 1.807) is 4.52 Å². The molecule has 0 spiro atoms. The van der Waals surface area contributed by atoms with Crippen molar-refractivity contribution in [3.05, 3.63) is 24.0 Å². The summed E-state index contributed by atoms with van der Waals surface area (Å²) in [4.78, 5) is 17.4. The highest BCUT2D eigenvalue weighted by molar-refractivity contribution is 5.72. The number of carboxylic acids is 1. The van der Waals surface area contributed by atoms with E-state index in [9.17, 15) is 9.90 Å². The number of aryl methyl sites for hydroxylation is 1. The van der Waals surface area contributed by atoms with Crippen LogP contribution in [0.4, 0.5) is 5.82 Å². The maximum Gasteiger partial charge on any atom is 0.311 e. The summed E-state index contributed by atoms with van der Waals surface area (Å²) in [6, 6.07) is 3.70. The van der Waals surface area contributed by atoms with Crippen LogP contribution in [-0.4, -0.2) is 52.0 Å². The Balaban J connectivity index is 2.01. The first kappa shape index (κ1) is 12.9. The van der Waals surface area contributed by atoms with E-state index in [0.717, 1.165) is 17.0 Å². The molecule has 106 valence electrons. The Labute approximate surface area is 115 Å². The number of aliphatic carboxylic acids is 1. The molecule has 0 bridgehead atoms. The molecule has 1 fully saturated rings. The first-order valence-corrected chi connectivity index (χ1v) is 6.41. The fraction of sp³-hybridized carbons (Fsp3) is 0.462. The molecule has 7 nitrogen and oxygen atoms in total. The number of fused-ring (bicyclic) bond motifs is 1. The standard InChI is InChI=1S/C13H16N4O3/c1-8-3-11-14-7-15-17(11)12(4-8)16(2)10-6-20-5-9(10)13(18)19/h3-4,7,9-10H,5-6H2,1-2H3,(H,18,19). The van der Waals surface area contributed by atoms with E-state index >= 15 is 0 Å². The van der Waals surface area contributed by atoms with Crippen molar-refractivity contribution in [1.29, 1.82) is 0 Å². The summed E-state index contributed by atoms with van der Waals surface area (Å²) in [5.74, 6) is -0.542. The van der Waals surface area contributed by atoms with Gasteiger partial charge in [-0.3, -0.25) is 4.79 Å². The zero-order chi connectivity index (χ0) is 14.3. The number of ether oxygens (including phenoxy) is 1. The van der Waals surface area contributed by atoms with Gasteiger partial charge < -0.3 is 14.7 Å². The van der Waals surface area contributed by atoms with Crippen LogP contribution in [0.3, 0.4) is 0 Å². The van der Waals surface area contributed by atoms with E-state index in [1.807, 2.05) is 31.0 Å². The Bertz CT molecular complexity index is 654. The molecule has 2 unspecified atom stereocenters. The van der Waals surface area contributed by atoms with Crippen LogP contribution in [0.2, 0.25) is 0 Å². The molecule has 0 saturated carbocycles. The Morgan fingerprint density at radius 2 is 2.30 bits per heavy atom. The van der Waals surface area contributed by atoms with Gasteiger partial charge in [0.1, 0.15) is 18.1 Å². The highest BCUT2D eigenvalue weighted by Crippen LogP contribution is 2.25. The average molecular weight is 276 g/mol. The second-order valence-corrected chi connectivity index (χ2v) is 5.08. The highest BCUT2D eigenvalue weighted by atomic mass is 16.5. The third kappa shape index (κ3) is 2.00. The maximum atomic E-state index is 11.3. The number of carboxylic acid groups (broad SMARTS) is 1. The average Bonchev–Trinajstić information content (AvgIpc) is 3.04. The van der Waals surface area contributed by atoms with Gasteiger partial charge in [-0.1, -0.05) is 0 Å². The summed E-state index contributed by atoms with van der Waals surface area (Å²) in [6.07, 6.45) is 1.49. The first-order valence-electron chi connectivity index (χ1n) is 6.41. The van der Waals surface area contributed by atoms with Crippen LogP contribution in [0.25, 0.3) is 5.65 Å². The van der Waals surface area contributed by atoms with Gasteiger partial charge in [0, 0.05) is 7.05 Å². The van der Waals surface area contributed by atoms with Crippen LogP contribution in [0.1, 0.15) is 5.56 Å². The SMILES string of the molecule is Cc1cc(N(C)C2COCC2C(=O)O)n2ncnc2c1. The van der Waals surface area contributed by atoms with Gasteiger partial charge in [-0.25, -0.2) is 4.98 Å². The van der Waals surface area contributed by atoms with Crippen molar-refractivity contribution in [2.45, 2.75) is 13.0 Å². The van der Waals surface area contributed by atoms with E-state index in [2.05, 4.69) is 10.1 Å². The van der Waals surface area contributed by atoms with Gasteiger partial charge in [0.15, 0.2) is 5.65 Å². The van der Waals surface area contributed by atoms with E-state index in [4.69, 9.17) is 4.74 Å². The molecule has 1 aliphatic heterocycles. The number of aromatic nitrogens is 3. The fourth-order valence-electron chi connectivity index (χ4n) is 2.62. The normalized spacial score (nSPS) is 22.3. The second-order valence-electron chi connectivity index (χ2n) is 5.08. The van der Waals surface area contributed by atoms with Crippen molar-refractivity contribution in [3.63, 3.8) is 0 Å². The number of carbonyl (C=O) groups is 1. The largest absolute Gasteiger partial charge is 0.481 e. The number of nitrogens with zero attached hydrogens (tertiary/aromatic N) is 4. The molecule has 0 amide bonds. The number of hydrogen-bond acceptors (Lipinski definition) is 5. The summed E-state index contributed by atoms with van der Waals surface area (Å²) >= 11 is 0. The highest BCUT2D eigenvalue weighted by Gasteiger charge is 2.37. The van der Waals surface area contributed by atoms with Crippen LogP contribution in [-0.2, 0) is 9.53 Å². The van der Waals surface area contributed by atoms with Gasteiger partial charge in [0.2, 0.25) is 0 Å². The van der Waals surface area contributed by atoms with Gasteiger partial charge in [0.25, 0.3) is 0 Å². The van der Waals surface area contributed by atoms with Crippen LogP contribution < -0.4 is 4.90 Å². The lowest BCUT2D eigenvalue weighted by atomic mass is 10.0. The lowest BCUT2D eigenvalue weighted by Crippen LogP contribution is -2.41. The van der Waals surface area contributed by atoms with Crippen molar-refractivity contribution in [1.82, 2.24) is 14.6 Å². The molecule has 1 saturated heterocycles. The molecule has 2 aromatic rings. The molecule has 0 aliphatic carbocycles. The van der Waals surface area contributed by atoms with Crippen molar-refractivity contribution < 1.29 is 14.6 Å². The zero-order valence-corrected chi connectivity index (χ0v) is 11.4. The molecule has 2 atom stereocenters. The Kier molecular flexibility index (Phi) is 3.06. The van der Waals surface area contributed by atoms with Gasteiger partial charge >= 0.3 is 5.97 Å². The van der Waals surface area contributed by atoms with E-state index < -0.39 is 11.9 Å². The lowest BCUT2D eigenvalue weighted by Gasteiger charge is -2.28. The molecular formula is C13H16N4O3. The molecule has 7 heteroatoms. The lowest BCUT2D eigenvalue weighted by molar-refractivity contribution is -0.141. The zero-order valence-electron chi connectivity index (χ0n) is 11.4. The Hall–Kier alpha value is -2.15. The van der Waals surface area contributed by atoms with Crippen LogP contribution in [0.5, 0.6) is 0 Å². The number of pyridine rings is 1. The van der Waals surface area contributed by atoms with E-state index in [1.165, 1.54) is 6.33 Å². The van der Waals surface area contributed by atoms with Crippen molar-refractivity contribution in [2.75, 3.05) is 25.2 Å². The smallest absolute Gasteiger partial charge is 0.311 e. The van der Waals surface area contributed by atoms with Crippen molar-refractivity contribution >= 4 is 17.4 Å².